The largest absolute Gasteiger partial charge is 0.368 e. The second kappa shape index (κ2) is 5.85. The third kappa shape index (κ3) is 3.24. The van der Waals surface area contributed by atoms with Gasteiger partial charge in [-0.05, 0) is 37.0 Å². The van der Waals surface area contributed by atoms with Crippen molar-refractivity contribution in [2.24, 2.45) is 5.92 Å². The first-order valence-electron chi connectivity index (χ1n) is 7.53. The van der Waals surface area contributed by atoms with Gasteiger partial charge in [0.2, 0.25) is 0 Å². The first-order chi connectivity index (χ1) is 10.1. The van der Waals surface area contributed by atoms with E-state index in [0.717, 1.165) is 41.8 Å². The summed E-state index contributed by atoms with van der Waals surface area (Å²) in [6, 6.07) is 5.75. The van der Waals surface area contributed by atoms with Gasteiger partial charge in [-0.1, -0.05) is 13.8 Å². The molecule has 1 atom stereocenters. The quantitative estimate of drug-likeness (QED) is 0.908. The normalized spacial score (nSPS) is 18.5. The molecule has 1 amide bonds. The summed E-state index contributed by atoms with van der Waals surface area (Å²) in [6.07, 6.45) is 2.37. The van der Waals surface area contributed by atoms with Crippen LogP contribution >= 0.6 is 0 Å². The van der Waals surface area contributed by atoms with Gasteiger partial charge in [-0.15, -0.1) is 0 Å². The van der Waals surface area contributed by atoms with Crippen LogP contribution in [-0.2, 0) is 16.0 Å². The number of imidazole rings is 1. The highest BCUT2D eigenvalue weighted by atomic mass is 16.5. The SMILES string of the molecule is CC(C)Cc1nc2ccc(NC(=O)[C@@H]3CCCO3)cc2[nH]1. The number of nitrogens with one attached hydrogen (secondary N) is 2. The van der Waals surface area contributed by atoms with Gasteiger partial charge >= 0.3 is 0 Å². The maximum Gasteiger partial charge on any atom is 0.253 e. The average molecular weight is 287 g/mol. The minimum absolute atomic E-state index is 0.0613. The summed E-state index contributed by atoms with van der Waals surface area (Å²) >= 11 is 0. The van der Waals surface area contributed by atoms with Crippen LogP contribution in [0.2, 0.25) is 0 Å². The fraction of sp³-hybridized carbons (Fsp3) is 0.500. The van der Waals surface area contributed by atoms with Crippen LogP contribution in [0.4, 0.5) is 5.69 Å². The van der Waals surface area contributed by atoms with Crippen molar-refractivity contribution in [1.29, 1.82) is 0 Å². The van der Waals surface area contributed by atoms with Crippen LogP contribution in [0.25, 0.3) is 11.0 Å². The maximum atomic E-state index is 12.0. The van der Waals surface area contributed by atoms with Gasteiger partial charge in [0.15, 0.2) is 0 Å². The van der Waals surface area contributed by atoms with E-state index in [1.807, 2.05) is 18.2 Å². The Hall–Kier alpha value is -1.88. The second-order valence-corrected chi connectivity index (χ2v) is 6.00. The lowest BCUT2D eigenvalue weighted by Crippen LogP contribution is -2.26. The van der Waals surface area contributed by atoms with Crippen LogP contribution in [0.5, 0.6) is 0 Å². The van der Waals surface area contributed by atoms with E-state index in [1.165, 1.54) is 0 Å². The number of hydrogen-bond donors (Lipinski definition) is 2. The second-order valence-electron chi connectivity index (χ2n) is 6.00. The lowest BCUT2D eigenvalue weighted by atomic mass is 10.1. The van der Waals surface area contributed by atoms with Crippen LogP contribution < -0.4 is 5.32 Å². The van der Waals surface area contributed by atoms with Crippen LogP contribution in [-0.4, -0.2) is 28.6 Å². The van der Waals surface area contributed by atoms with Crippen LogP contribution in [0.3, 0.4) is 0 Å². The van der Waals surface area contributed by atoms with Crippen molar-refractivity contribution in [3.8, 4) is 0 Å². The predicted molar refractivity (Wildman–Crippen MR) is 82.2 cm³/mol. The molecule has 2 heterocycles. The molecule has 1 aliphatic rings. The molecular weight excluding hydrogens is 266 g/mol. The first-order valence-corrected chi connectivity index (χ1v) is 7.53. The van der Waals surface area contributed by atoms with Crippen molar-refractivity contribution in [2.45, 2.75) is 39.2 Å². The summed E-state index contributed by atoms with van der Waals surface area (Å²) < 4.78 is 5.39. The molecule has 5 nitrogen and oxygen atoms in total. The highest BCUT2D eigenvalue weighted by Gasteiger charge is 2.23. The molecule has 0 aliphatic carbocycles. The number of anilines is 1. The molecule has 3 rings (SSSR count). The molecule has 1 aromatic carbocycles. The Bertz CT molecular complexity index is 642. The summed E-state index contributed by atoms with van der Waals surface area (Å²) in [4.78, 5) is 19.9. The van der Waals surface area contributed by atoms with Crippen molar-refractivity contribution in [3.63, 3.8) is 0 Å². The molecule has 0 bridgehead atoms. The summed E-state index contributed by atoms with van der Waals surface area (Å²) in [5.41, 5.74) is 2.67. The molecule has 21 heavy (non-hydrogen) atoms. The summed E-state index contributed by atoms with van der Waals surface area (Å²) in [7, 11) is 0. The number of hydrogen-bond acceptors (Lipinski definition) is 3. The van der Waals surface area contributed by atoms with Crippen molar-refractivity contribution in [1.82, 2.24) is 9.97 Å². The van der Waals surface area contributed by atoms with E-state index in [9.17, 15) is 4.79 Å². The zero-order valence-corrected chi connectivity index (χ0v) is 12.5. The molecule has 0 spiro atoms. The van der Waals surface area contributed by atoms with Gasteiger partial charge in [-0.2, -0.15) is 0 Å². The topological polar surface area (TPSA) is 67.0 Å². The number of rotatable bonds is 4. The van der Waals surface area contributed by atoms with E-state index >= 15 is 0 Å². The van der Waals surface area contributed by atoms with Gasteiger partial charge in [0, 0.05) is 18.7 Å². The number of benzene rings is 1. The predicted octanol–water partition coefficient (Wildman–Crippen LogP) is 2.88. The summed E-state index contributed by atoms with van der Waals surface area (Å²) in [5, 5.41) is 2.91. The number of nitrogens with zero attached hydrogens (tertiary/aromatic N) is 1. The molecule has 112 valence electrons. The van der Waals surface area contributed by atoms with Crippen LogP contribution in [0.15, 0.2) is 18.2 Å². The fourth-order valence-corrected chi connectivity index (χ4v) is 2.63. The van der Waals surface area contributed by atoms with Gasteiger partial charge in [0.05, 0.1) is 11.0 Å². The lowest BCUT2D eigenvalue weighted by molar-refractivity contribution is -0.124. The molecule has 1 fully saturated rings. The van der Waals surface area contributed by atoms with Crippen LogP contribution in [0.1, 0.15) is 32.5 Å². The van der Waals surface area contributed by atoms with Crippen LogP contribution in [0, 0.1) is 5.92 Å². The molecule has 0 unspecified atom stereocenters. The number of H-pyrrole nitrogens is 1. The van der Waals surface area contributed by atoms with E-state index in [0.29, 0.717) is 12.5 Å². The van der Waals surface area contributed by atoms with Crippen molar-refractivity contribution in [3.05, 3.63) is 24.0 Å². The maximum absolute atomic E-state index is 12.0. The number of fused-ring (bicyclic) bond motifs is 1. The molecule has 1 aromatic heterocycles. The Morgan fingerprint density at radius 3 is 3.10 bits per heavy atom. The third-order valence-electron chi connectivity index (χ3n) is 3.62. The minimum Gasteiger partial charge on any atom is -0.368 e. The monoisotopic (exact) mass is 287 g/mol. The molecular formula is C16H21N3O2. The number of ether oxygens (including phenoxy) is 1. The lowest BCUT2D eigenvalue weighted by Gasteiger charge is -2.10. The Morgan fingerprint density at radius 2 is 2.38 bits per heavy atom. The molecule has 1 saturated heterocycles. The van der Waals surface area contributed by atoms with Crippen molar-refractivity contribution in [2.75, 3.05) is 11.9 Å². The van der Waals surface area contributed by atoms with E-state index in [4.69, 9.17) is 4.74 Å². The number of amides is 1. The molecule has 1 aliphatic heterocycles. The van der Waals surface area contributed by atoms with Crippen molar-refractivity contribution >= 4 is 22.6 Å². The Morgan fingerprint density at radius 1 is 1.52 bits per heavy atom. The van der Waals surface area contributed by atoms with Gasteiger partial charge in [-0.25, -0.2) is 4.98 Å². The van der Waals surface area contributed by atoms with E-state index in [2.05, 4.69) is 29.1 Å². The summed E-state index contributed by atoms with van der Waals surface area (Å²) in [5.74, 6) is 1.49. The molecule has 0 radical (unpaired) electrons. The molecule has 2 N–H and O–H groups in total. The number of carbonyl (C=O) groups excluding carboxylic acids is 1. The average Bonchev–Trinajstić information content (AvgIpc) is 3.05. The van der Waals surface area contributed by atoms with E-state index in [1.54, 1.807) is 0 Å². The fourth-order valence-electron chi connectivity index (χ4n) is 2.63. The number of aromatic amines is 1. The highest BCUT2D eigenvalue weighted by molar-refractivity contribution is 5.96. The third-order valence-corrected chi connectivity index (χ3v) is 3.62. The Balaban J connectivity index is 1.75. The van der Waals surface area contributed by atoms with E-state index in [-0.39, 0.29) is 12.0 Å². The van der Waals surface area contributed by atoms with E-state index < -0.39 is 0 Å². The van der Waals surface area contributed by atoms with Gasteiger partial charge < -0.3 is 15.0 Å². The number of carbonyl (C=O) groups is 1. The highest BCUT2D eigenvalue weighted by Crippen LogP contribution is 2.20. The van der Waals surface area contributed by atoms with Gasteiger partial charge in [-0.3, -0.25) is 4.79 Å². The number of aromatic nitrogens is 2. The molecule has 5 heteroatoms. The smallest absolute Gasteiger partial charge is 0.253 e. The first kappa shape index (κ1) is 14.1. The zero-order valence-electron chi connectivity index (χ0n) is 12.5. The Labute approximate surface area is 124 Å². The van der Waals surface area contributed by atoms with Gasteiger partial charge in [0.1, 0.15) is 11.9 Å². The minimum atomic E-state index is -0.307. The summed E-state index contributed by atoms with van der Waals surface area (Å²) in [6.45, 7) is 5.01. The molecule has 0 saturated carbocycles. The standard InChI is InChI=1S/C16H21N3O2/c1-10(2)8-15-18-12-6-5-11(9-13(12)19-15)17-16(20)14-4-3-7-21-14/h5-6,9-10,14H,3-4,7-8H2,1-2H3,(H,17,20)(H,18,19)/t14-/m0/s1. The van der Waals surface area contributed by atoms with Crippen molar-refractivity contribution < 1.29 is 9.53 Å². The molecule has 2 aromatic rings. The van der Waals surface area contributed by atoms with Gasteiger partial charge in [0.25, 0.3) is 5.91 Å². The Kier molecular flexibility index (Phi) is 3.92. The zero-order chi connectivity index (χ0) is 14.8.